The van der Waals surface area contributed by atoms with E-state index in [0.717, 1.165) is 5.56 Å². The number of carbonyl (C=O) groups is 1. The highest BCUT2D eigenvalue weighted by Crippen LogP contribution is 2.17. The Balaban J connectivity index is 2.14. The highest BCUT2D eigenvalue weighted by Gasteiger charge is 2.14. The summed E-state index contributed by atoms with van der Waals surface area (Å²) in [7, 11) is 0. The Morgan fingerprint density at radius 2 is 1.94 bits per heavy atom. The van der Waals surface area contributed by atoms with Crippen molar-refractivity contribution in [2.75, 3.05) is 5.73 Å². The molecule has 4 heteroatoms. The number of nitrogen functional groups attached to an aromatic ring is 1. The molecule has 0 unspecified atom stereocenters. The van der Waals surface area contributed by atoms with Gasteiger partial charge in [0.1, 0.15) is 11.3 Å². The molecule has 0 spiro atoms. The highest BCUT2D eigenvalue weighted by molar-refractivity contribution is 5.95. The molecule has 0 saturated carbocycles. The van der Waals surface area contributed by atoms with E-state index < -0.39 is 5.97 Å². The van der Waals surface area contributed by atoms with Crippen molar-refractivity contribution in [2.24, 2.45) is 0 Å². The number of nitrogens with two attached hydrogens (primary N) is 1. The molecule has 0 radical (unpaired) electrons. The van der Waals surface area contributed by atoms with Gasteiger partial charge in [0.15, 0.2) is 0 Å². The van der Waals surface area contributed by atoms with Gasteiger partial charge in [-0.3, -0.25) is 0 Å². The molecule has 2 aromatic rings. The molecule has 0 bridgehead atoms. The van der Waals surface area contributed by atoms with Crippen LogP contribution in [0.25, 0.3) is 0 Å². The van der Waals surface area contributed by atoms with Gasteiger partial charge in [-0.1, -0.05) is 17.7 Å². The zero-order valence-corrected chi connectivity index (χ0v) is 8.77. The van der Waals surface area contributed by atoms with Crippen LogP contribution in [0.1, 0.15) is 15.9 Å². The lowest BCUT2D eigenvalue weighted by Gasteiger charge is -2.03. The number of rotatable bonds is 2. The van der Waals surface area contributed by atoms with Gasteiger partial charge < -0.3 is 14.9 Å². The first-order valence-corrected chi connectivity index (χ1v) is 4.78. The first kappa shape index (κ1) is 10.3. The minimum Gasteiger partial charge on any atom is -0.448 e. The molecular formula is C12H11NO3. The molecule has 16 heavy (non-hydrogen) atoms. The quantitative estimate of drug-likeness (QED) is 0.619. The van der Waals surface area contributed by atoms with E-state index in [1.54, 1.807) is 12.1 Å². The molecule has 1 aromatic heterocycles. The van der Waals surface area contributed by atoms with Gasteiger partial charge in [-0.05, 0) is 25.1 Å². The zero-order chi connectivity index (χ0) is 11.5. The number of benzene rings is 1. The third-order valence-corrected chi connectivity index (χ3v) is 2.15. The van der Waals surface area contributed by atoms with Crippen molar-refractivity contribution in [3.8, 4) is 5.75 Å². The van der Waals surface area contributed by atoms with Crippen LogP contribution in [0, 0.1) is 6.92 Å². The number of anilines is 1. The Morgan fingerprint density at radius 1 is 1.25 bits per heavy atom. The van der Waals surface area contributed by atoms with Crippen molar-refractivity contribution in [1.82, 2.24) is 0 Å². The molecule has 0 aliphatic heterocycles. The van der Waals surface area contributed by atoms with Crippen LogP contribution in [-0.4, -0.2) is 5.97 Å². The van der Waals surface area contributed by atoms with E-state index in [0.29, 0.717) is 5.75 Å². The number of esters is 1. The number of hydrogen-bond donors (Lipinski definition) is 1. The molecule has 0 amide bonds. The summed E-state index contributed by atoms with van der Waals surface area (Å²) in [5.74, 6) is 0.0309. The molecule has 0 aliphatic carbocycles. The molecular weight excluding hydrogens is 206 g/mol. The minimum atomic E-state index is -0.518. The molecule has 82 valence electrons. The summed E-state index contributed by atoms with van der Waals surface area (Å²) in [4.78, 5) is 11.6. The van der Waals surface area contributed by atoms with Gasteiger partial charge in [-0.25, -0.2) is 4.79 Å². The van der Waals surface area contributed by atoms with Crippen molar-refractivity contribution in [1.29, 1.82) is 0 Å². The summed E-state index contributed by atoms with van der Waals surface area (Å²) in [6.45, 7) is 1.96. The second-order valence-electron chi connectivity index (χ2n) is 3.40. The molecule has 1 heterocycles. The third-order valence-electron chi connectivity index (χ3n) is 2.15. The molecule has 4 nitrogen and oxygen atoms in total. The van der Waals surface area contributed by atoms with Gasteiger partial charge in [-0.2, -0.15) is 0 Å². The van der Waals surface area contributed by atoms with Crippen LogP contribution in [-0.2, 0) is 0 Å². The van der Waals surface area contributed by atoms with Crippen molar-refractivity contribution in [2.45, 2.75) is 6.92 Å². The van der Waals surface area contributed by atoms with E-state index in [1.165, 1.54) is 12.3 Å². The lowest BCUT2D eigenvalue weighted by molar-refractivity contribution is 0.0735. The fourth-order valence-corrected chi connectivity index (χ4v) is 1.26. The van der Waals surface area contributed by atoms with E-state index in [-0.39, 0.29) is 11.4 Å². The lowest BCUT2D eigenvalue weighted by atomic mass is 10.2. The lowest BCUT2D eigenvalue weighted by Crippen LogP contribution is -2.09. The maximum absolute atomic E-state index is 11.6. The SMILES string of the molecule is Cc1ccc(OC(=O)c2ccoc2N)cc1. The van der Waals surface area contributed by atoms with Crippen LogP contribution < -0.4 is 10.5 Å². The van der Waals surface area contributed by atoms with Crippen molar-refractivity contribution >= 4 is 11.9 Å². The van der Waals surface area contributed by atoms with Crippen LogP contribution in [0.5, 0.6) is 5.75 Å². The smallest absolute Gasteiger partial charge is 0.349 e. The first-order chi connectivity index (χ1) is 7.66. The summed E-state index contributed by atoms with van der Waals surface area (Å²) >= 11 is 0. The largest absolute Gasteiger partial charge is 0.448 e. The Hall–Kier alpha value is -2.23. The predicted molar refractivity (Wildman–Crippen MR) is 59.3 cm³/mol. The van der Waals surface area contributed by atoms with Gasteiger partial charge in [0.05, 0.1) is 6.26 Å². The molecule has 0 saturated heterocycles. The summed E-state index contributed by atoms with van der Waals surface area (Å²) in [6, 6.07) is 8.65. The summed E-state index contributed by atoms with van der Waals surface area (Å²) in [5.41, 5.74) is 6.79. The maximum atomic E-state index is 11.6. The zero-order valence-electron chi connectivity index (χ0n) is 8.77. The van der Waals surface area contributed by atoms with Crippen molar-refractivity contribution in [3.05, 3.63) is 47.7 Å². The average Bonchev–Trinajstić information content (AvgIpc) is 2.68. The average molecular weight is 217 g/mol. The normalized spacial score (nSPS) is 10.1. The summed E-state index contributed by atoms with van der Waals surface area (Å²) in [5, 5.41) is 0. The molecule has 2 rings (SSSR count). The van der Waals surface area contributed by atoms with Gasteiger partial charge in [0, 0.05) is 0 Å². The Kier molecular flexibility index (Phi) is 2.64. The minimum absolute atomic E-state index is 0.0668. The van der Waals surface area contributed by atoms with Gasteiger partial charge >= 0.3 is 5.97 Å². The molecule has 2 N–H and O–H groups in total. The number of aryl methyl sites for hydroxylation is 1. The van der Waals surface area contributed by atoms with Crippen molar-refractivity contribution < 1.29 is 13.9 Å². The van der Waals surface area contributed by atoms with Crippen LogP contribution >= 0.6 is 0 Å². The molecule has 1 aromatic carbocycles. The van der Waals surface area contributed by atoms with E-state index in [9.17, 15) is 4.79 Å². The fraction of sp³-hybridized carbons (Fsp3) is 0.0833. The number of furan rings is 1. The second-order valence-corrected chi connectivity index (χ2v) is 3.40. The van der Waals surface area contributed by atoms with Gasteiger partial charge in [-0.15, -0.1) is 0 Å². The van der Waals surface area contributed by atoms with E-state index in [1.807, 2.05) is 19.1 Å². The van der Waals surface area contributed by atoms with Crippen LogP contribution in [0.3, 0.4) is 0 Å². The molecule has 0 atom stereocenters. The Labute approximate surface area is 92.6 Å². The second kappa shape index (κ2) is 4.10. The monoisotopic (exact) mass is 217 g/mol. The topological polar surface area (TPSA) is 65.5 Å². The number of ether oxygens (including phenoxy) is 1. The third kappa shape index (κ3) is 2.06. The van der Waals surface area contributed by atoms with Crippen LogP contribution in [0.4, 0.5) is 5.88 Å². The fourth-order valence-electron chi connectivity index (χ4n) is 1.26. The van der Waals surface area contributed by atoms with E-state index in [4.69, 9.17) is 14.9 Å². The van der Waals surface area contributed by atoms with E-state index in [2.05, 4.69) is 0 Å². The van der Waals surface area contributed by atoms with E-state index >= 15 is 0 Å². The van der Waals surface area contributed by atoms with Gasteiger partial charge in [0.25, 0.3) is 0 Å². The number of carbonyl (C=O) groups excluding carboxylic acids is 1. The molecule has 0 fully saturated rings. The Bertz CT molecular complexity index is 499. The van der Waals surface area contributed by atoms with Crippen molar-refractivity contribution in [3.63, 3.8) is 0 Å². The summed E-state index contributed by atoms with van der Waals surface area (Å²) < 4.78 is 9.94. The first-order valence-electron chi connectivity index (χ1n) is 4.78. The standard InChI is InChI=1S/C12H11NO3/c1-8-2-4-9(5-3-8)16-12(14)10-6-7-15-11(10)13/h2-7H,13H2,1H3. The number of hydrogen-bond acceptors (Lipinski definition) is 4. The summed E-state index contributed by atoms with van der Waals surface area (Å²) in [6.07, 6.45) is 1.35. The Morgan fingerprint density at radius 3 is 2.50 bits per heavy atom. The maximum Gasteiger partial charge on any atom is 0.349 e. The highest BCUT2D eigenvalue weighted by atomic mass is 16.5. The predicted octanol–water partition coefficient (Wildman–Crippen LogP) is 2.39. The van der Waals surface area contributed by atoms with Crippen LogP contribution in [0.2, 0.25) is 0 Å². The molecule has 0 aliphatic rings. The van der Waals surface area contributed by atoms with Gasteiger partial charge in [0.2, 0.25) is 5.88 Å². The van der Waals surface area contributed by atoms with Crippen LogP contribution in [0.15, 0.2) is 41.0 Å².